The van der Waals surface area contributed by atoms with Crippen LogP contribution in [0.1, 0.15) is 22.6 Å². The Morgan fingerprint density at radius 2 is 2.12 bits per heavy atom. The van der Waals surface area contributed by atoms with Crippen molar-refractivity contribution >= 4 is 11.8 Å². The molecule has 0 amide bonds. The number of carbonyl (C=O) groups is 1. The van der Waals surface area contributed by atoms with Crippen molar-refractivity contribution in [3.05, 3.63) is 45.9 Å². The van der Waals surface area contributed by atoms with E-state index in [9.17, 15) is 14.9 Å². The monoisotopic (exact) mass is 347 g/mol. The number of nitro groups is 1. The average molecular weight is 347 g/mol. The molecule has 1 aromatic heterocycles. The van der Waals surface area contributed by atoms with Crippen LogP contribution in [-0.4, -0.2) is 40.3 Å². The van der Waals surface area contributed by atoms with Crippen LogP contribution in [-0.2, 0) is 11.3 Å². The van der Waals surface area contributed by atoms with E-state index >= 15 is 0 Å². The Labute approximate surface area is 143 Å². The molecule has 2 heterocycles. The molecule has 0 spiro atoms. The lowest BCUT2D eigenvalue weighted by Crippen LogP contribution is -2.14. The quantitative estimate of drug-likeness (QED) is 0.463. The number of benzene rings is 1. The number of hydrogen-bond donors (Lipinski definition) is 0. The molecule has 1 aliphatic heterocycles. The van der Waals surface area contributed by atoms with E-state index in [2.05, 4.69) is 4.98 Å². The van der Waals surface area contributed by atoms with Gasteiger partial charge in [-0.15, -0.1) is 0 Å². The molecule has 0 saturated heterocycles. The Hall–Kier alpha value is -3.10. The summed E-state index contributed by atoms with van der Waals surface area (Å²) in [4.78, 5) is 26.5. The second kappa shape index (κ2) is 7.20. The fraction of sp³-hybridized carbons (Fsp3) is 0.375. The molecule has 0 saturated carbocycles. The maximum Gasteiger partial charge on any atom is 0.342 e. The number of carbonyl (C=O) groups excluding carboxylic acids is 1. The molecule has 2 aromatic rings. The van der Waals surface area contributed by atoms with E-state index in [1.54, 1.807) is 25.1 Å². The van der Waals surface area contributed by atoms with Crippen molar-refractivity contribution in [2.45, 2.75) is 19.9 Å². The summed E-state index contributed by atoms with van der Waals surface area (Å²) in [6.07, 6.45) is 1.96. The first kappa shape index (κ1) is 16.7. The first-order chi connectivity index (χ1) is 12.1. The number of imidazole rings is 1. The number of rotatable bonds is 5. The maximum atomic E-state index is 12.2. The van der Waals surface area contributed by atoms with Gasteiger partial charge in [0.15, 0.2) is 17.3 Å². The van der Waals surface area contributed by atoms with Gasteiger partial charge in [0.1, 0.15) is 19.3 Å². The molecule has 0 unspecified atom stereocenters. The standard InChI is InChI=1S/C16H17N3O6/c1-11-17-10-15(19(21)22)18(11)5-8-25-16(20)12-3-4-13-14(9-12)24-7-2-6-23-13/h3-4,9-10H,2,5-8H2,1H3. The number of aryl methyl sites for hydroxylation is 1. The van der Waals surface area contributed by atoms with Gasteiger partial charge in [-0.3, -0.25) is 0 Å². The van der Waals surface area contributed by atoms with E-state index in [0.29, 0.717) is 36.1 Å². The molecule has 0 aliphatic carbocycles. The van der Waals surface area contributed by atoms with Crippen molar-refractivity contribution < 1.29 is 23.9 Å². The predicted molar refractivity (Wildman–Crippen MR) is 85.9 cm³/mol. The molecule has 25 heavy (non-hydrogen) atoms. The molecule has 0 radical (unpaired) electrons. The topological polar surface area (TPSA) is 106 Å². The zero-order valence-corrected chi connectivity index (χ0v) is 13.6. The Morgan fingerprint density at radius 3 is 2.88 bits per heavy atom. The normalized spacial score (nSPS) is 13.2. The van der Waals surface area contributed by atoms with Gasteiger partial charge in [-0.2, -0.15) is 0 Å². The van der Waals surface area contributed by atoms with Crippen LogP contribution < -0.4 is 9.47 Å². The number of nitrogens with zero attached hydrogens (tertiary/aromatic N) is 3. The molecule has 1 aromatic carbocycles. The first-order valence-electron chi connectivity index (χ1n) is 7.79. The van der Waals surface area contributed by atoms with Crippen LogP contribution in [0.2, 0.25) is 0 Å². The van der Waals surface area contributed by atoms with Crippen LogP contribution in [0, 0.1) is 17.0 Å². The van der Waals surface area contributed by atoms with Crippen LogP contribution in [0.25, 0.3) is 0 Å². The summed E-state index contributed by atoms with van der Waals surface area (Å²) in [7, 11) is 0. The second-order valence-corrected chi connectivity index (χ2v) is 5.42. The van der Waals surface area contributed by atoms with Gasteiger partial charge >= 0.3 is 11.8 Å². The zero-order valence-electron chi connectivity index (χ0n) is 13.6. The third kappa shape index (κ3) is 3.70. The Morgan fingerprint density at radius 1 is 1.36 bits per heavy atom. The number of fused-ring (bicyclic) bond motifs is 1. The number of hydrogen-bond acceptors (Lipinski definition) is 7. The molecule has 0 N–H and O–H groups in total. The third-order valence-corrected chi connectivity index (χ3v) is 3.75. The van der Waals surface area contributed by atoms with Gasteiger partial charge < -0.3 is 24.3 Å². The molecule has 9 heteroatoms. The molecule has 1 aliphatic rings. The van der Waals surface area contributed by atoms with Crippen molar-refractivity contribution in [3.8, 4) is 11.5 Å². The van der Waals surface area contributed by atoms with Crippen LogP contribution in [0.5, 0.6) is 11.5 Å². The summed E-state index contributed by atoms with van der Waals surface area (Å²) < 4.78 is 17.6. The van der Waals surface area contributed by atoms with E-state index in [1.165, 1.54) is 10.8 Å². The fourth-order valence-electron chi connectivity index (χ4n) is 2.48. The van der Waals surface area contributed by atoms with Gasteiger partial charge in [0.05, 0.1) is 18.8 Å². The zero-order chi connectivity index (χ0) is 17.8. The van der Waals surface area contributed by atoms with Crippen LogP contribution in [0.3, 0.4) is 0 Å². The van der Waals surface area contributed by atoms with Crippen LogP contribution >= 0.6 is 0 Å². The van der Waals surface area contributed by atoms with Crippen molar-refractivity contribution in [3.63, 3.8) is 0 Å². The van der Waals surface area contributed by atoms with Crippen molar-refractivity contribution in [2.24, 2.45) is 0 Å². The van der Waals surface area contributed by atoms with E-state index in [0.717, 1.165) is 6.42 Å². The smallest absolute Gasteiger partial charge is 0.342 e. The fourth-order valence-corrected chi connectivity index (χ4v) is 2.48. The lowest BCUT2D eigenvalue weighted by Gasteiger charge is -2.09. The Balaban J connectivity index is 1.63. The molecule has 3 rings (SSSR count). The van der Waals surface area contributed by atoms with Gasteiger partial charge in [-0.05, 0) is 23.1 Å². The lowest BCUT2D eigenvalue weighted by molar-refractivity contribution is -0.392. The number of aromatic nitrogens is 2. The largest absolute Gasteiger partial charge is 0.490 e. The average Bonchev–Trinajstić information content (AvgIpc) is 2.81. The van der Waals surface area contributed by atoms with Gasteiger partial charge in [-0.25, -0.2) is 14.3 Å². The van der Waals surface area contributed by atoms with E-state index < -0.39 is 10.9 Å². The van der Waals surface area contributed by atoms with Gasteiger partial charge in [0.2, 0.25) is 0 Å². The van der Waals surface area contributed by atoms with E-state index in [1.807, 2.05) is 0 Å². The minimum atomic E-state index is -0.531. The van der Waals surface area contributed by atoms with Crippen molar-refractivity contribution in [1.82, 2.24) is 9.55 Å². The van der Waals surface area contributed by atoms with Crippen LogP contribution in [0.4, 0.5) is 5.82 Å². The van der Waals surface area contributed by atoms with Gasteiger partial charge in [0, 0.05) is 13.3 Å². The highest BCUT2D eigenvalue weighted by molar-refractivity contribution is 5.90. The highest BCUT2D eigenvalue weighted by Crippen LogP contribution is 2.30. The maximum absolute atomic E-state index is 12.2. The molecular weight excluding hydrogens is 330 g/mol. The van der Waals surface area contributed by atoms with Crippen molar-refractivity contribution in [1.29, 1.82) is 0 Å². The molecule has 0 atom stereocenters. The Bertz CT molecular complexity index is 801. The van der Waals surface area contributed by atoms with E-state index in [-0.39, 0.29) is 19.0 Å². The highest BCUT2D eigenvalue weighted by Gasteiger charge is 2.19. The van der Waals surface area contributed by atoms with E-state index in [4.69, 9.17) is 14.2 Å². The predicted octanol–water partition coefficient (Wildman–Crippen LogP) is 2.12. The molecule has 132 valence electrons. The number of esters is 1. The molecule has 0 fully saturated rings. The second-order valence-electron chi connectivity index (χ2n) is 5.42. The summed E-state index contributed by atoms with van der Waals surface area (Å²) in [5.41, 5.74) is 0.334. The van der Waals surface area contributed by atoms with Crippen molar-refractivity contribution in [2.75, 3.05) is 19.8 Å². The molecule has 9 nitrogen and oxygen atoms in total. The minimum absolute atomic E-state index is 0.00862. The molecular formula is C16H17N3O6. The van der Waals surface area contributed by atoms with Gasteiger partial charge in [-0.1, -0.05) is 0 Å². The highest BCUT2D eigenvalue weighted by atomic mass is 16.6. The lowest BCUT2D eigenvalue weighted by atomic mass is 10.2. The first-order valence-corrected chi connectivity index (χ1v) is 7.79. The number of ether oxygens (including phenoxy) is 3. The molecule has 0 bridgehead atoms. The van der Waals surface area contributed by atoms with Crippen LogP contribution in [0.15, 0.2) is 24.4 Å². The summed E-state index contributed by atoms with van der Waals surface area (Å²) >= 11 is 0. The third-order valence-electron chi connectivity index (χ3n) is 3.75. The summed E-state index contributed by atoms with van der Waals surface area (Å²) in [6.45, 7) is 2.89. The summed E-state index contributed by atoms with van der Waals surface area (Å²) in [6, 6.07) is 4.84. The van der Waals surface area contributed by atoms with Gasteiger partial charge in [0.25, 0.3) is 0 Å². The summed E-state index contributed by atoms with van der Waals surface area (Å²) in [5, 5.41) is 10.9. The minimum Gasteiger partial charge on any atom is -0.490 e. The summed E-state index contributed by atoms with van der Waals surface area (Å²) in [5.74, 6) is 0.922. The Kier molecular flexibility index (Phi) is 4.82. The SMILES string of the molecule is Cc1ncc([N+](=O)[O-])n1CCOC(=O)c1ccc2c(c1)OCCCO2.